The van der Waals surface area contributed by atoms with Crippen LogP contribution >= 0.6 is 11.6 Å². The number of rotatable bonds is 7. The highest BCUT2D eigenvalue weighted by molar-refractivity contribution is 6.30. The van der Waals surface area contributed by atoms with E-state index < -0.39 is 0 Å². The number of likely N-dealkylation sites (N-methyl/N-ethyl adjacent to an activating group) is 1. The van der Waals surface area contributed by atoms with Crippen molar-refractivity contribution in [2.45, 2.75) is 0 Å². The number of halogens is 1. The van der Waals surface area contributed by atoms with Crippen molar-refractivity contribution in [3.63, 3.8) is 0 Å². The number of hydrogen-bond acceptors (Lipinski definition) is 4. The Hall–Kier alpha value is -0.810. The van der Waals surface area contributed by atoms with E-state index in [1.807, 2.05) is 12.1 Å². The minimum absolute atomic E-state index is 0.819. The predicted molar refractivity (Wildman–Crippen MR) is 91.5 cm³/mol. The van der Waals surface area contributed by atoms with Crippen molar-refractivity contribution < 1.29 is 0 Å². The number of nitrogens with zero attached hydrogens (tertiary/aromatic N) is 3. The van der Waals surface area contributed by atoms with Crippen LogP contribution in [-0.4, -0.2) is 76.3 Å². The molecule has 1 aromatic rings. The van der Waals surface area contributed by atoms with Gasteiger partial charge in [0.2, 0.25) is 0 Å². The Balaban J connectivity index is 1.64. The number of benzene rings is 1. The second-order valence-electron chi connectivity index (χ2n) is 5.86. The standard InChI is InChI=1S/C16H27ClN4/c1-19(2)8-6-18-7-9-20-10-12-21(13-11-20)16-5-3-4-15(17)14-16/h3-5,14,18H,6-13H2,1-2H3. The summed E-state index contributed by atoms with van der Waals surface area (Å²) in [6, 6.07) is 8.16. The number of hydrogen-bond donors (Lipinski definition) is 1. The zero-order chi connectivity index (χ0) is 15.1. The van der Waals surface area contributed by atoms with Crippen molar-refractivity contribution in [3.8, 4) is 0 Å². The first-order valence-electron chi connectivity index (χ1n) is 7.73. The zero-order valence-corrected chi connectivity index (χ0v) is 13.9. The minimum atomic E-state index is 0.819. The molecule has 1 aliphatic rings. The van der Waals surface area contributed by atoms with E-state index in [2.05, 4.69) is 46.2 Å². The van der Waals surface area contributed by atoms with Crippen LogP contribution in [0.2, 0.25) is 5.02 Å². The van der Waals surface area contributed by atoms with Crippen LogP contribution in [0.25, 0.3) is 0 Å². The number of nitrogens with one attached hydrogen (secondary N) is 1. The third-order valence-electron chi connectivity index (χ3n) is 3.89. The molecule has 1 aromatic carbocycles. The maximum Gasteiger partial charge on any atom is 0.0426 e. The molecule has 1 fully saturated rings. The van der Waals surface area contributed by atoms with Crippen molar-refractivity contribution in [2.24, 2.45) is 0 Å². The molecule has 1 N–H and O–H groups in total. The second-order valence-corrected chi connectivity index (χ2v) is 6.30. The highest BCUT2D eigenvalue weighted by Gasteiger charge is 2.16. The molecule has 2 rings (SSSR count). The third kappa shape index (κ3) is 5.83. The molecule has 1 saturated heterocycles. The lowest BCUT2D eigenvalue weighted by Gasteiger charge is -2.36. The fourth-order valence-electron chi connectivity index (χ4n) is 2.57. The van der Waals surface area contributed by atoms with Gasteiger partial charge in [0.15, 0.2) is 0 Å². The van der Waals surface area contributed by atoms with Gasteiger partial charge in [-0.3, -0.25) is 4.90 Å². The van der Waals surface area contributed by atoms with Gasteiger partial charge in [-0.15, -0.1) is 0 Å². The molecule has 0 radical (unpaired) electrons. The Morgan fingerprint density at radius 3 is 2.57 bits per heavy atom. The molecular weight excluding hydrogens is 284 g/mol. The highest BCUT2D eigenvalue weighted by Crippen LogP contribution is 2.20. The molecule has 5 heteroatoms. The summed E-state index contributed by atoms with van der Waals surface area (Å²) in [7, 11) is 4.22. The van der Waals surface area contributed by atoms with Gasteiger partial charge in [0, 0.05) is 63.1 Å². The molecule has 0 atom stereocenters. The second kappa shape index (κ2) is 8.59. The quantitative estimate of drug-likeness (QED) is 0.772. The summed E-state index contributed by atoms with van der Waals surface area (Å²) in [6.45, 7) is 8.79. The van der Waals surface area contributed by atoms with Gasteiger partial charge < -0.3 is 15.1 Å². The van der Waals surface area contributed by atoms with Gasteiger partial charge in [0.1, 0.15) is 0 Å². The lowest BCUT2D eigenvalue weighted by molar-refractivity contribution is 0.256. The fourth-order valence-corrected chi connectivity index (χ4v) is 2.75. The van der Waals surface area contributed by atoms with E-state index in [0.717, 1.165) is 57.4 Å². The van der Waals surface area contributed by atoms with Gasteiger partial charge in [-0.05, 0) is 32.3 Å². The highest BCUT2D eigenvalue weighted by atomic mass is 35.5. The van der Waals surface area contributed by atoms with Crippen molar-refractivity contribution >= 4 is 17.3 Å². The van der Waals surface area contributed by atoms with Crippen LogP contribution in [0.5, 0.6) is 0 Å². The third-order valence-corrected chi connectivity index (χ3v) is 4.12. The average Bonchev–Trinajstić information content (AvgIpc) is 2.47. The summed E-state index contributed by atoms with van der Waals surface area (Å²) in [6.07, 6.45) is 0. The topological polar surface area (TPSA) is 21.8 Å². The van der Waals surface area contributed by atoms with Gasteiger partial charge in [0.05, 0.1) is 0 Å². The van der Waals surface area contributed by atoms with Crippen molar-refractivity contribution in [1.82, 2.24) is 15.1 Å². The Labute approximate surface area is 133 Å². The van der Waals surface area contributed by atoms with Crippen molar-refractivity contribution in [2.75, 3.05) is 71.4 Å². The van der Waals surface area contributed by atoms with Gasteiger partial charge in [-0.2, -0.15) is 0 Å². The van der Waals surface area contributed by atoms with E-state index in [-0.39, 0.29) is 0 Å². The summed E-state index contributed by atoms with van der Waals surface area (Å²) >= 11 is 6.06. The normalized spacial score (nSPS) is 16.7. The molecular formula is C16H27ClN4. The van der Waals surface area contributed by atoms with Crippen LogP contribution < -0.4 is 10.2 Å². The number of piperazine rings is 1. The molecule has 0 aliphatic carbocycles. The van der Waals surface area contributed by atoms with Gasteiger partial charge in [0.25, 0.3) is 0 Å². The van der Waals surface area contributed by atoms with E-state index in [1.54, 1.807) is 0 Å². The summed E-state index contributed by atoms with van der Waals surface area (Å²) in [5.41, 5.74) is 1.24. The molecule has 118 valence electrons. The first-order chi connectivity index (χ1) is 10.1. The molecule has 0 saturated carbocycles. The maximum absolute atomic E-state index is 6.06. The maximum atomic E-state index is 6.06. The summed E-state index contributed by atoms with van der Waals surface area (Å²) in [4.78, 5) is 7.16. The van der Waals surface area contributed by atoms with Crippen LogP contribution in [0, 0.1) is 0 Å². The van der Waals surface area contributed by atoms with Gasteiger partial charge in [-0.1, -0.05) is 17.7 Å². The molecule has 1 aliphatic heterocycles. The molecule has 0 bridgehead atoms. The van der Waals surface area contributed by atoms with Gasteiger partial charge >= 0.3 is 0 Å². The van der Waals surface area contributed by atoms with Crippen molar-refractivity contribution in [3.05, 3.63) is 29.3 Å². The van der Waals surface area contributed by atoms with Crippen LogP contribution in [0.3, 0.4) is 0 Å². The van der Waals surface area contributed by atoms with E-state index in [9.17, 15) is 0 Å². The largest absolute Gasteiger partial charge is 0.369 e. The fraction of sp³-hybridized carbons (Fsp3) is 0.625. The van der Waals surface area contributed by atoms with Crippen molar-refractivity contribution in [1.29, 1.82) is 0 Å². The molecule has 4 nitrogen and oxygen atoms in total. The first kappa shape index (κ1) is 16.6. The van der Waals surface area contributed by atoms with E-state index in [0.29, 0.717) is 0 Å². The molecule has 0 amide bonds. The Morgan fingerprint density at radius 2 is 1.90 bits per heavy atom. The SMILES string of the molecule is CN(C)CCNCCN1CCN(c2cccc(Cl)c2)CC1. The van der Waals surface area contributed by atoms with E-state index >= 15 is 0 Å². The van der Waals surface area contributed by atoms with Gasteiger partial charge in [-0.25, -0.2) is 0 Å². The molecule has 0 aromatic heterocycles. The summed E-state index contributed by atoms with van der Waals surface area (Å²) in [5.74, 6) is 0. The summed E-state index contributed by atoms with van der Waals surface area (Å²) < 4.78 is 0. The predicted octanol–water partition coefficient (Wildman–Crippen LogP) is 1.61. The number of anilines is 1. The lowest BCUT2D eigenvalue weighted by Crippen LogP contribution is -2.48. The Kier molecular flexibility index (Phi) is 6.77. The minimum Gasteiger partial charge on any atom is -0.369 e. The molecule has 0 spiro atoms. The van der Waals surface area contributed by atoms with Crippen LogP contribution in [-0.2, 0) is 0 Å². The molecule has 1 heterocycles. The van der Waals surface area contributed by atoms with Crippen LogP contribution in [0.1, 0.15) is 0 Å². The molecule has 0 unspecified atom stereocenters. The Bertz CT molecular complexity index is 416. The zero-order valence-electron chi connectivity index (χ0n) is 13.2. The van der Waals surface area contributed by atoms with E-state index in [1.165, 1.54) is 5.69 Å². The smallest absolute Gasteiger partial charge is 0.0426 e. The first-order valence-corrected chi connectivity index (χ1v) is 8.11. The lowest BCUT2D eigenvalue weighted by atomic mass is 10.2. The van der Waals surface area contributed by atoms with Crippen LogP contribution in [0.4, 0.5) is 5.69 Å². The average molecular weight is 311 g/mol. The monoisotopic (exact) mass is 310 g/mol. The van der Waals surface area contributed by atoms with E-state index in [4.69, 9.17) is 11.6 Å². The van der Waals surface area contributed by atoms with Crippen LogP contribution in [0.15, 0.2) is 24.3 Å². The molecule has 21 heavy (non-hydrogen) atoms. The Morgan fingerprint density at radius 1 is 1.14 bits per heavy atom. The summed E-state index contributed by atoms with van der Waals surface area (Å²) in [5, 5.41) is 4.32.